The molecule has 0 saturated heterocycles. The van der Waals surface area contributed by atoms with Crippen molar-refractivity contribution in [3.63, 3.8) is 0 Å². The third-order valence-corrected chi connectivity index (χ3v) is 5.44. The third kappa shape index (κ3) is 6.55. The van der Waals surface area contributed by atoms with Crippen LogP contribution in [0, 0.1) is 22.7 Å². The van der Waals surface area contributed by atoms with Crippen LogP contribution in [-0.4, -0.2) is 13.6 Å². The van der Waals surface area contributed by atoms with E-state index in [1.807, 2.05) is 6.07 Å². The van der Waals surface area contributed by atoms with Gasteiger partial charge < -0.3 is 0 Å². The van der Waals surface area contributed by atoms with Crippen LogP contribution in [0.2, 0.25) is 4.34 Å². The molecule has 1 aromatic heterocycles. The Kier molecular flexibility index (Phi) is 8.54. The van der Waals surface area contributed by atoms with Gasteiger partial charge in [-0.15, -0.1) is 0 Å². The molecule has 1 heterocycles. The zero-order valence-corrected chi connectivity index (χ0v) is 14.2. The number of nitrogens with zero attached hydrogens (tertiary/aromatic N) is 3. The van der Waals surface area contributed by atoms with Gasteiger partial charge in [-0.05, 0) is 18.0 Å². The number of nitriles is 2. The van der Waals surface area contributed by atoms with Gasteiger partial charge in [0.2, 0.25) is 0 Å². The van der Waals surface area contributed by atoms with Crippen LogP contribution in [0.3, 0.4) is 0 Å². The van der Waals surface area contributed by atoms with Gasteiger partial charge in [0, 0.05) is 24.9 Å². The Morgan fingerprint density at radius 1 is 1.61 bits per heavy atom. The summed E-state index contributed by atoms with van der Waals surface area (Å²) in [5.74, 6) is 0. The maximum atomic E-state index is 10.5. The molecule has 4 nitrogen and oxygen atoms in total. The lowest BCUT2D eigenvalue weighted by molar-refractivity contribution is 0.752. The highest BCUT2D eigenvalue weighted by Gasteiger charge is 2.23. The fourth-order valence-corrected chi connectivity index (χ4v) is 2.36. The molecule has 1 atom stereocenters. The van der Waals surface area contributed by atoms with Crippen molar-refractivity contribution in [2.24, 2.45) is 7.05 Å². The van der Waals surface area contributed by atoms with E-state index < -0.39 is 4.32 Å². The van der Waals surface area contributed by atoms with Crippen LogP contribution in [0.4, 0.5) is 0 Å². The second kappa shape index (κ2) is 8.71. The highest BCUT2D eigenvalue weighted by Crippen LogP contribution is 2.25. The Balaban J connectivity index is 0.000000327. The third-order valence-electron chi connectivity index (χ3n) is 1.82. The van der Waals surface area contributed by atoms with Crippen molar-refractivity contribution in [1.29, 1.82) is 10.5 Å². The molecular formula is C10H10Br2ClN3OS. The molecule has 0 N–H and O–H groups in total. The van der Waals surface area contributed by atoms with E-state index in [2.05, 4.69) is 37.9 Å². The van der Waals surface area contributed by atoms with Gasteiger partial charge in [0.25, 0.3) is 5.56 Å². The molecule has 1 rings (SSSR count). The highest BCUT2D eigenvalue weighted by atomic mass is 79.9. The van der Waals surface area contributed by atoms with E-state index >= 15 is 0 Å². The van der Waals surface area contributed by atoms with E-state index in [4.69, 9.17) is 22.1 Å². The summed E-state index contributed by atoms with van der Waals surface area (Å²) < 4.78 is 1.46. The number of aromatic nitrogens is 1. The molecule has 0 aromatic carbocycles. The molecule has 0 spiro atoms. The number of hydrogen-bond acceptors (Lipinski definition) is 4. The molecule has 0 saturated carbocycles. The number of alkyl halides is 2. The Labute approximate surface area is 131 Å². The molecule has 0 fully saturated rings. The SMILES string of the molecule is Cn1sc(Cl)cc1=O.N#CCCC(Br)(C#N)CBr. The van der Waals surface area contributed by atoms with Crippen LogP contribution in [-0.2, 0) is 7.05 Å². The molecule has 1 unspecified atom stereocenters. The average molecular weight is 416 g/mol. The van der Waals surface area contributed by atoms with Crippen LogP contribution >= 0.6 is 55.0 Å². The summed E-state index contributed by atoms with van der Waals surface area (Å²) in [4.78, 5) is 10.5. The maximum Gasteiger partial charge on any atom is 0.261 e. The molecule has 8 heteroatoms. The van der Waals surface area contributed by atoms with E-state index in [0.29, 0.717) is 22.5 Å². The molecule has 0 amide bonds. The Morgan fingerprint density at radius 2 is 2.22 bits per heavy atom. The predicted molar refractivity (Wildman–Crippen MR) is 80.5 cm³/mol. The first-order chi connectivity index (χ1) is 8.38. The molecule has 0 aliphatic rings. The minimum atomic E-state index is -0.553. The number of hydrogen-bond donors (Lipinski definition) is 0. The molecule has 0 aliphatic heterocycles. The van der Waals surface area contributed by atoms with Gasteiger partial charge in [0.15, 0.2) is 0 Å². The van der Waals surface area contributed by atoms with Gasteiger partial charge in [0.05, 0.1) is 12.1 Å². The summed E-state index contributed by atoms with van der Waals surface area (Å²) >= 11 is 13.1. The lowest BCUT2D eigenvalue weighted by Crippen LogP contribution is -2.19. The topological polar surface area (TPSA) is 69.6 Å². The standard InChI is InChI=1S/C6H6Br2N2.C4H4ClNOS/c7-4-6(8,5-10)2-1-3-9;1-6-4(7)2-3(5)8-6/h1-2,4H2;2H,1H3. The molecule has 0 aliphatic carbocycles. The molecule has 98 valence electrons. The molecule has 0 bridgehead atoms. The van der Waals surface area contributed by atoms with Crippen molar-refractivity contribution in [1.82, 2.24) is 3.96 Å². The van der Waals surface area contributed by atoms with E-state index in [1.54, 1.807) is 7.05 Å². The molecular weight excluding hydrogens is 405 g/mol. The van der Waals surface area contributed by atoms with Gasteiger partial charge >= 0.3 is 0 Å². The van der Waals surface area contributed by atoms with E-state index in [1.165, 1.54) is 21.6 Å². The average Bonchev–Trinajstić information content (AvgIpc) is 2.64. The number of aryl methyl sites for hydroxylation is 1. The van der Waals surface area contributed by atoms with Crippen LogP contribution < -0.4 is 5.56 Å². The Hall–Kier alpha value is -0.340. The normalized spacial score (nSPS) is 12.6. The zero-order valence-electron chi connectivity index (χ0n) is 9.49. The van der Waals surface area contributed by atoms with Gasteiger partial charge in [-0.25, -0.2) is 0 Å². The number of rotatable bonds is 3. The summed E-state index contributed by atoms with van der Waals surface area (Å²) in [7, 11) is 1.68. The zero-order chi connectivity index (χ0) is 14.2. The lowest BCUT2D eigenvalue weighted by Gasteiger charge is -2.12. The summed E-state index contributed by atoms with van der Waals surface area (Å²) in [5, 5.41) is 17.4. The maximum absolute atomic E-state index is 10.5. The van der Waals surface area contributed by atoms with Gasteiger partial charge in [0.1, 0.15) is 8.66 Å². The van der Waals surface area contributed by atoms with Crippen molar-refractivity contribution >= 4 is 55.0 Å². The summed E-state index contributed by atoms with van der Waals surface area (Å²) in [6.45, 7) is 0. The van der Waals surface area contributed by atoms with Crippen molar-refractivity contribution in [2.45, 2.75) is 17.2 Å². The van der Waals surface area contributed by atoms with Crippen LogP contribution in [0.1, 0.15) is 12.8 Å². The van der Waals surface area contributed by atoms with Crippen LogP contribution in [0.15, 0.2) is 10.9 Å². The van der Waals surface area contributed by atoms with Gasteiger partial charge in [-0.2, -0.15) is 10.5 Å². The smallest absolute Gasteiger partial charge is 0.261 e. The minimum Gasteiger partial charge on any atom is -0.268 e. The van der Waals surface area contributed by atoms with Crippen LogP contribution in [0.5, 0.6) is 0 Å². The van der Waals surface area contributed by atoms with Crippen molar-refractivity contribution in [3.05, 3.63) is 20.8 Å². The van der Waals surface area contributed by atoms with E-state index in [-0.39, 0.29) is 5.56 Å². The fourth-order valence-electron chi connectivity index (χ4n) is 0.797. The minimum absolute atomic E-state index is 0.0417. The number of halogens is 3. The molecule has 0 radical (unpaired) electrons. The second-order valence-corrected chi connectivity index (χ2v) is 7.12. The van der Waals surface area contributed by atoms with Crippen molar-refractivity contribution in [2.75, 3.05) is 5.33 Å². The van der Waals surface area contributed by atoms with E-state index in [0.717, 1.165) is 0 Å². The predicted octanol–water partition coefficient (Wildman–Crippen LogP) is 3.44. The van der Waals surface area contributed by atoms with Crippen molar-refractivity contribution in [3.8, 4) is 12.1 Å². The Bertz CT molecular complexity index is 516. The first-order valence-electron chi connectivity index (χ1n) is 4.74. The fraction of sp³-hybridized carbons (Fsp3) is 0.500. The van der Waals surface area contributed by atoms with E-state index in [9.17, 15) is 4.79 Å². The largest absolute Gasteiger partial charge is 0.268 e. The lowest BCUT2D eigenvalue weighted by atomic mass is 10.1. The summed E-state index contributed by atoms with van der Waals surface area (Å²) in [6, 6.07) is 5.47. The summed E-state index contributed by atoms with van der Waals surface area (Å²) in [5.41, 5.74) is -0.0417. The Morgan fingerprint density at radius 3 is 2.44 bits per heavy atom. The van der Waals surface area contributed by atoms with Gasteiger partial charge in [-0.1, -0.05) is 43.5 Å². The first-order valence-corrected chi connectivity index (χ1v) is 7.81. The monoisotopic (exact) mass is 413 g/mol. The second-order valence-electron chi connectivity index (χ2n) is 3.24. The van der Waals surface area contributed by atoms with Crippen molar-refractivity contribution < 1.29 is 0 Å². The first kappa shape index (κ1) is 17.7. The molecule has 18 heavy (non-hydrogen) atoms. The summed E-state index contributed by atoms with van der Waals surface area (Å²) in [6.07, 6.45) is 0.968. The van der Waals surface area contributed by atoms with Gasteiger partial charge in [-0.3, -0.25) is 8.75 Å². The van der Waals surface area contributed by atoms with Crippen LogP contribution in [0.25, 0.3) is 0 Å². The molecule has 1 aromatic rings. The highest BCUT2D eigenvalue weighted by molar-refractivity contribution is 9.12. The quantitative estimate of drug-likeness (QED) is 0.710.